The number of amides is 1. The van der Waals surface area contributed by atoms with Gasteiger partial charge in [0, 0.05) is 60.3 Å². The van der Waals surface area contributed by atoms with Crippen LogP contribution < -0.4 is 21.5 Å². The topological polar surface area (TPSA) is 132 Å². The molecule has 1 amide bonds. The highest BCUT2D eigenvalue weighted by molar-refractivity contribution is 6.02. The number of aromatic nitrogens is 4. The number of fused-ring (bicyclic) bond motifs is 1. The molecule has 0 saturated heterocycles. The Morgan fingerprint density at radius 2 is 1.92 bits per heavy atom. The van der Waals surface area contributed by atoms with E-state index in [1.165, 1.54) is 0 Å². The zero-order chi connectivity index (χ0) is 26.3. The molecule has 1 aromatic carbocycles. The molecule has 4 heterocycles. The molecule has 3 aromatic heterocycles. The number of nitrogens with zero attached hydrogens (tertiary/aromatic N) is 5. The van der Waals surface area contributed by atoms with E-state index in [-0.39, 0.29) is 28.5 Å². The molecular weight excluding hydrogens is 470 g/mol. The van der Waals surface area contributed by atoms with Crippen molar-refractivity contribution in [3.8, 4) is 5.69 Å². The minimum absolute atomic E-state index is 0.117. The molecule has 1 aliphatic rings. The van der Waals surface area contributed by atoms with E-state index in [4.69, 9.17) is 10.3 Å². The maximum Gasteiger partial charge on any atom is 0.278 e. The van der Waals surface area contributed by atoms with Crippen LogP contribution in [0.3, 0.4) is 0 Å². The van der Waals surface area contributed by atoms with Crippen LogP contribution >= 0.6 is 0 Å². The number of carbonyl (C=O) groups excluding carboxylic acids is 1. The number of rotatable bonds is 4. The van der Waals surface area contributed by atoms with Crippen molar-refractivity contribution >= 4 is 23.2 Å². The van der Waals surface area contributed by atoms with Gasteiger partial charge in [0.05, 0.1) is 5.69 Å². The number of benzene rings is 1. The Bertz CT molecular complexity index is 1530. The van der Waals surface area contributed by atoms with E-state index in [9.17, 15) is 9.59 Å². The first-order valence-corrected chi connectivity index (χ1v) is 12.1. The molecule has 4 aromatic rings. The highest BCUT2D eigenvalue weighted by Gasteiger charge is 2.24. The maximum atomic E-state index is 13.6. The molecule has 1 aliphatic heterocycles. The van der Waals surface area contributed by atoms with Gasteiger partial charge in [0.1, 0.15) is 11.4 Å². The number of anilines is 3. The van der Waals surface area contributed by atoms with Crippen LogP contribution in [0.2, 0.25) is 0 Å². The van der Waals surface area contributed by atoms with E-state index in [1.807, 2.05) is 33.8 Å². The van der Waals surface area contributed by atoms with Crippen molar-refractivity contribution in [1.29, 1.82) is 0 Å². The molecule has 0 aliphatic carbocycles. The molecule has 10 nitrogen and oxygen atoms in total. The van der Waals surface area contributed by atoms with Crippen LogP contribution in [0.4, 0.5) is 17.3 Å². The van der Waals surface area contributed by atoms with Crippen molar-refractivity contribution in [1.82, 2.24) is 19.7 Å². The number of aryl methyl sites for hydroxylation is 1. The summed E-state index contributed by atoms with van der Waals surface area (Å²) in [6.07, 6.45) is 4.18. The third kappa shape index (κ3) is 4.82. The fourth-order valence-electron chi connectivity index (χ4n) is 4.36. The van der Waals surface area contributed by atoms with Crippen molar-refractivity contribution in [2.24, 2.45) is 0 Å². The van der Waals surface area contributed by atoms with Gasteiger partial charge in [0.2, 0.25) is 5.95 Å². The molecule has 0 unspecified atom stereocenters. The molecule has 10 heteroatoms. The standard InChI is InChI=1S/C27H29N7O3/c1-16-9-12-34(25(36)23(16)33-11-10-20-17(15-33)14-29-26(28)31-20)19-7-5-18(6-8-19)30-24(35)21-13-22(37-32-21)27(2,3)4/h5-9,12-14H,10-11,15H2,1-4H3,(H,30,35)(H2,28,29,31). The van der Waals surface area contributed by atoms with Crippen LogP contribution in [0.25, 0.3) is 5.69 Å². The van der Waals surface area contributed by atoms with Gasteiger partial charge >= 0.3 is 0 Å². The highest BCUT2D eigenvalue weighted by Crippen LogP contribution is 2.25. The van der Waals surface area contributed by atoms with E-state index < -0.39 is 0 Å². The van der Waals surface area contributed by atoms with Gasteiger partial charge in [0.25, 0.3) is 11.5 Å². The van der Waals surface area contributed by atoms with Gasteiger partial charge in [-0.3, -0.25) is 14.2 Å². The van der Waals surface area contributed by atoms with Crippen molar-refractivity contribution in [2.75, 3.05) is 22.5 Å². The normalized spacial score (nSPS) is 13.4. The lowest BCUT2D eigenvalue weighted by molar-refractivity contribution is 0.101. The SMILES string of the molecule is Cc1ccn(-c2ccc(NC(=O)c3cc(C(C)(C)C)on3)cc2)c(=O)c1N1CCc2nc(N)ncc2C1. The molecular formula is C27H29N7O3. The molecule has 0 spiro atoms. The summed E-state index contributed by atoms with van der Waals surface area (Å²) in [6, 6.07) is 10.7. The number of nitrogens with one attached hydrogen (secondary N) is 1. The number of hydrogen-bond acceptors (Lipinski definition) is 8. The fraction of sp³-hybridized carbons (Fsp3) is 0.296. The van der Waals surface area contributed by atoms with Crippen LogP contribution in [0.15, 0.2) is 58.1 Å². The van der Waals surface area contributed by atoms with Gasteiger partial charge in [-0.25, -0.2) is 9.97 Å². The summed E-state index contributed by atoms with van der Waals surface area (Å²) in [7, 11) is 0. The maximum absolute atomic E-state index is 13.6. The summed E-state index contributed by atoms with van der Waals surface area (Å²) in [5.41, 5.74) is 10.3. The Morgan fingerprint density at radius 1 is 1.16 bits per heavy atom. The Hall–Kier alpha value is -4.47. The highest BCUT2D eigenvalue weighted by atomic mass is 16.5. The molecule has 0 atom stereocenters. The Morgan fingerprint density at radius 3 is 2.62 bits per heavy atom. The second-order valence-electron chi connectivity index (χ2n) is 10.2. The van der Waals surface area contributed by atoms with Gasteiger partial charge < -0.3 is 20.5 Å². The summed E-state index contributed by atoms with van der Waals surface area (Å²) in [5, 5.41) is 6.71. The second kappa shape index (κ2) is 9.20. The molecule has 0 saturated carbocycles. The summed E-state index contributed by atoms with van der Waals surface area (Å²) >= 11 is 0. The molecule has 3 N–H and O–H groups in total. The Kier molecular flexibility index (Phi) is 6.02. The van der Waals surface area contributed by atoms with Crippen molar-refractivity contribution in [3.63, 3.8) is 0 Å². The first kappa shape index (κ1) is 24.2. The third-order valence-electron chi connectivity index (χ3n) is 6.42. The summed E-state index contributed by atoms with van der Waals surface area (Å²) < 4.78 is 6.92. The Balaban J connectivity index is 1.36. The number of nitrogens with two attached hydrogens (primary N) is 1. The lowest BCUT2D eigenvalue weighted by Gasteiger charge is -2.30. The molecule has 190 valence electrons. The number of nitrogen functional groups attached to an aromatic ring is 1. The van der Waals surface area contributed by atoms with E-state index in [2.05, 4.69) is 25.3 Å². The van der Waals surface area contributed by atoms with Crippen LogP contribution in [0.1, 0.15) is 53.8 Å². The van der Waals surface area contributed by atoms with Crippen molar-refractivity contribution < 1.29 is 9.32 Å². The van der Waals surface area contributed by atoms with Gasteiger partial charge in [-0.1, -0.05) is 25.9 Å². The van der Waals surface area contributed by atoms with Crippen LogP contribution in [0.5, 0.6) is 0 Å². The smallest absolute Gasteiger partial charge is 0.278 e. The first-order valence-electron chi connectivity index (χ1n) is 12.1. The lowest BCUT2D eigenvalue weighted by atomic mass is 9.93. The van der Waals surface area contributed by atoms with E-state index in [0.717, 1.165) is 16.8 Å². The summed E-state index contributed by atoms with van der Waals surface area (Å²) in [4.78, 5) is 36.7. The van der Waals surface area contributed by atoms with Gasteiger partial charge in [-0.05, 0) is 42.8 Å². The average molecular weight is 500 g/mol. The van der Waals surface area contributed by atoms with Gasteiger partial charge in [0.15, 0.2) is 5.69 Å². The number of hydrogen-bond donors (Lipinski definition) is 2. The van der Waals surface area contributed by atoms with E-state index >= 15 is 0 Å². The number of pyridine rings is 1. The minimum Gasteiger partial charge on any atom is -0.368 e. The van der Waals surface area contributed by atoms with Crippen LogP contribution in [-0.4, -0.2) is 32.1 Å². The first-order chi connectivity index (χ1) is 17.6. The predicted molar refractivity (Wildman–Crippen MR) is 141 cm³/mol. The van der Waals surface area contributed by atoms with Gasteiger partial charge in [-0.2, -0.15) is 0 Å². The van der Waals surface area contributed by atoms with E-state index in [1.54, 1.807) is 47.3 Å². The molecule has 37 heavy (non-hydrogen) atoms. The largest absolute Gasteiger partial charge is 0.368 e. The molecule has 5 rings (SSSR count). The lowest BCUT2D eigenvalue weighted by Crippen LogP contribution is -2.37. The second-order valence-corrected chi connectivity index (χ2v) is 10.2. The zero-order valence-corrected chi connectivity index (χ0v) is 21.3. The summed E-state index contributed by atoms with van der Waals surface area (Å²) in [6.45, 7) is 9.10. The molecule has 0 bridgehead atoms. The number of carbonyl (C=O) groups is 1. The quantitative estimate of drug-likeness (QED) is 0.435. The minimum atomic E-state index is -0.363. The zero-order valence-electron chi connectivity index (χ0n) is 21.3. The van der Waals surface area contributed by atoms with Crippen LogP contribution in [0, 0.1) is 6.92 Å². The van der Waals surface area contributed by atoms with Crippen LogP contribution in [-0.2, 0) is 18.4 Å². The molecule has 0 fully saturated rings. The van der Waals surface area contributed by atoms with Crippen molar-refractivity contribution in [2.45, 2.75) is 46.1 Å². The van der Waals surface area contributed by atoms with Crippen molar-refractivity contribution in [3.05, 3.63) is 87.4 Å². The average Bonchev–Trinajstić information content (AvgIpc) is 3.36. The predicted octanol–water partition coefficient (Wildman–Crippen LogP) is 3.62. The van der Waals surface area contributed by atoms with Gasteiger partial charge in [-0.15, -0.1) is 0 Å². The monoisotopic (exact) mass is 499 g/mol. The third-order valence-corrected chi connectivity index (χ3v) is 6.42. The fourth-order valence-corrected chi connectivity index (χ4v) is 4.36. The Labute approximate surface area is 214 Å². The molecule has 0 radical (unpaired) electrons. The summed E-state index contributed by atoms with van der Waals surface area (Å²) in [5.74, 6) is 0.537. The van der Waals surface area contributed by atoms with E-state index in [0.29, 0.717) is 42.3 Å².